The monoisotopic (exact) mass is 526 g/mol. The lowest BCUT2D eigenvalue weighted by atomic mass is 10.2. The second-order valence-electron chi connectivity index (χ2n) is 8.75. The molecule has 2 aromatic carbocycles. The first-order valence-electron chi connectivity index (χ1n) is 12.0. The number of hydrogen-bond donors (Lipinski definition) is 2. The summed E-state index contributed by atoms with van der Waals surface area (Å²) in [5, 5.41) is 10.2. The zero-order valence-corrected chi connectivity index (χ0v) is 21.6. The second-order valence-corrected chi connectivity index (χ2v) is 10.7. The van der Waals surface area contributed by atoms with Crippen LogP contribution < -0.4 is 15.4 Å². The molecular formula is C25H30N6O5S. The van der Waals surface area contributed by atoms with Gasteiger partial charge in [-0.05, 0) is 31.5 Å². The van der Waals surface area contributed by atoms with E-state index in [0.29, 0.717) is 35.9 Å². The lowest BCUT2D eigenvalue weighted by Gasteiger charge is -2.21. The Morgan fingerprint density at radius 3 is 2.54 bits per heavy atom. The van der Waals surface area contributed by atoms with Gasteiger partial charge in [0.05, 0.1) is 25.4 Å². The Labute approximate surface area is 215 Å². The van der Waals surface area contributed by atoms with Gasteiger partial charge in [-0.25, -0.2) is 18.1 Å². The lowest BCUT2D eigenvalue weighted by Crippen LogP contribution is -2.42. The van der Waals surface area contributed by atoms with Gasteiger partial charge in [0.1, 0.15) is 18.2 Å². The summed E-state index contributed by atoms with van der Waals surface area (Å²) < 4.78 is 33.2. The van der Waals surface area contributed by atoms with Gasteiger partial charge >= 0.3 is 0 Å². The molecule has 37 heavy (non-hydrogen) atoms. The van der Waals surface area contributed by atoms with Gasteiger partial charge < -0.3 is 15.4 Å². The molecule has 0 fully saturated rings. The fourth-order valence-corrected chi connectivity index (χ4v) is 4.77. The van der Waals surface area contributed by atoms with Gasteiger partial charge in [0.2, 0.25) is 15.9 Å². The van der Waals surface area contributed by atoms with Crippen molar-refractivity contribution in [1.29, 1.82) is 0 Å². The molecule has 196 valence electrons. The molecule has 4 rings (SSSR count). The minimum atomic E-state index is -3.64. The maximum absolute atomic E-state index is 12.8. The Morgan fingerprint density at radius 2 is 1.78 bits per heavy atom. The molecule has 1 aliphatic rings. The number of carbonyl (C=O) groups excluding carboxylic acids is 2. The number of rotatable bonds is 2. The van der Waals surface area contributed by atoms with Crippen LogP contribution in [0, 0.1) is 0 Å². The Kier molecular flexibility index (Phi) is 8.19. The summed E-state index contributed by atoms with van der Waals surface area (Å²) in [5.41, 5.74) is 1.25. The normalized spacial score (nSPS) is 18.5. The quantitative estimate of drug-likeness (QED) is 0.518. The van der Waals surface area contributed by atoms with Gasteiger partial charge in [-0.1, -0.05) is 36.4 Å². The van der Waals surface area contributed by atoms with Crippen molar-refractivity contribution in [2.24, 2.45) is 0 Å². The van der Waals surface area contributed by atoms with Crippen LogP contribution in [-0.2, 0) is 21.4 Å². The van der Waals surface area contributed by atoms with Crippen molar-refractivity contribution in [1.82, 2.24) is 29.7 Å². The molecule has 0 unspecified atom stereocenters. The van der Waals surface area contributed by atoms with Crippen LogP contribution in [0.5, 0.6) is 5.75 Å². The average molecular weight is 527 g/mol. The highest BCUT2D eigenvalue weighted by Crippen LogP contribution is 2.20. The van der Waals surface area contributed by atoms with Gasteiger partial charge in [0.25, 0.3) is 5.91 Å². The molecule has 12 heteroatoms. The zero-order valence-electron chi connectivity index (χ0n) is 20.8. The summed E-state index contributed by atoms with van der Waals surface area (Å²) in [6.07, 6.45) is 1.40. The molecule has 2 heterocycles. The van der Waals surface area contributed by atoms with E-state index >= 15 is 0 Å². The van der Waals surface area contributed by atoms with E-state index < -0.39 is 22.0 Å². The highest BCUT2D eigenvalue weighted by Gasteiger charge is 2.24. The Morgan fingerprint density at radius 1 is 1.03 bits per heavy atom. The Balaban J connectivity index is 1.64. The van der Waals surface area contributed by atoms with Crippen molar-refractivity contribution in [2.45, 2.75) is 25.9 Å². The van der Waals surface area contributed by atoms with Gasteiger partial charge in [0.15, 0.2) is 5.82 Å². The number of fused-ring (bicyclic) bond motifs is 3. The average Bonchev–Trinajstić information content (AvgIpc) is 3.29. The number of benzene rings is 2. The van der Waals surface area contributed by atoms with E-state index in [0.717, 1.165) is 16.1 Å². The highest BCUT2D eigenvalue weighted by molar-refractivity contribution is 7.88. The number of sulfonamides is 1. The molecule has 0 saturated carbocycles. The molecule has 11 nitrogen and oxygen atoms in total. The number of aromatic nitrogens is 3. The fourth-order valence-electron chi connectivity index (χ4n) is 3.96. The van der Waals surface area contributed by atoms with Gasteiger partial charge in [-0.2, -0.15) is 9.40 Å². The van der Waals surface area contributed by atoms with Crippen molar-refractivity contribution in [3.8, 4) is 17.1 Å². The number of nitrogens with one attached hydrogen (secondary N) is 2. The van der Waals surface area contributed by atoms with Crippen LogP contribution in [0.15, 0.2) is 54.6 Å². The van der Waals surface area contributed by atoms with Crippen LogP contribution in [0.1, 0.15) is 35.6 Å². The first-order valence-corrected chi connectivity index (χ1v) is 13.8. The zero-order chi connectivity index (χ0) is 26.4. The van der Waals surface area contributed by atoms with E-state index in [1.54, 1.807) is 35.9 Å². The van der Waals surface area contributed by atoms with Crippen LogP contribution in [0.2, 0.25) is 0 Å². The van der Waals surface area contributed by atoms with E-state index in [-0.39, 0.29) is 32.1 Å². The predicted molar refractivity (Wildman–Crippen MR) is 137 cm³/mol. The van der Waals surface area contributed by atoms with E-state index in [4.69, 9.17) is 4.74 Å². The molecule has 1 atom stereocenters. The highest BCUT2D eigenvalue weighted by atomic mass is 32.2. The first kappa shape index (κ1) is 26.3. The Bertz CT molecular complexity index is 1360. The number of amides is 2. The van der Waals surface area contributed by atoms with Gasteiger partial charge in [-0.15, -0.1) is 0 Å². The summed E-state index contributed by atoms with van der Waals surface area (Å²) in [5.74, 6) is 0.776. The van der Waals surface area contributed by atoms with Crippen LogP contribution in [0.25, 0.3) is 11.4 Å². The molecule has 1 aliphatic heterocycles. The number of nitrogens with zero attached hydrogens (tertiary/aromatic N) is 4. The molecule has 0 saturated heterocycles. The predicted octanol–water partition coefficient (Wildman–Crippen LogP) is 1.60. The van der Waals surface area contributed by atoms with Crippen LogP contribution in [0.4, 0.5) is 0 Å². The summed E-state index contributed by atoms with van der Waals surface area (Å²) in [6.45, 7) is 2.34. The number of ether oxygens (including phenoxy) is 1. The van der Waals surface area contributed by atoms with E-state index in [1.165, 1.54) is 0 Å². The molecule has 2 amide bonds. The maximum atomic E-state index is 12.8. The summed E-state index contributed by atoms with van der Waals surface area (Å²) in [6, 6.07) is 15.8. The largest absolute Gasteiger partial charge is 0.492 e. The van der Waals surface area contributed by atoms with Crippen molar-refractivity contribution >= 4 is 21.8 Å². The van der Waals surface area contributed by atoms with E-state index in [9.17, 15) is 18.0 Å². The minimum Gasteiger partial charge on any atom is -0.492 e. The molecule has 0 aliphatic carbocycles. The molecule has 2 N–H and O–H groups in total. The topological polar surface area (TPSA) is 136 Å². The van der Waals surface area contributed by atoms with Crippen LogP contribution in [-0.4, -0.2) is 71.8 Å². The fraction of sp³-hybridized carbons (Fsp3) is 0.360. The third-order valence-corrected chi connectivity index (χ3v) is 7.07. The van der Waals surface area contributed by atoms with E-state index in [1.807, 2.05) is 30.3 Å². The molecular weight excluding hydrogens is 496 g/mol. The second kappa shape index (κ2) is 11.5. The summed E-state index contributed by atoms with van der Waals surface area (Å²) in [4.78, 5) is 30.0. The molecule has 0 spiro atoms. The standard InChI is InChI=1S/C25H30N6O5S/c1-18-24-28-23(19-8-4-3-5-9-19)29-31(24)14-15-36-21-11-6-10-20(16-21)25(33)26-12-7-13-30(37(2,34)35)17-22(32)27-18/h3-6,8-11,16,18H,7,12-15,17H2,1-2H3,(H,26,33)(H,27,32)/t18-/m0/s1. The Hall–Kier alpha value is -3.77. The van der Waals surface area contributed by atoms with Crippen LogP contribution >= 0.6 is 0 Å². The van der Waals surface area contributed by atoms with Crippen molar-refractivity contribution in [3.05, 3.63) is 66.0 Å². The lowest BCUT2D eigenvalue weighted by molar-refractivity contribution is -0.122. The molecule has 1 aromatic heterocycles. The maximum Gasteiger partial charge on any atom is 0.251 e. The van der Waals surface area contributed by atoms with Crippen LogP contribution in [0.3, 0.4) is 0 Å². The third kappa shape index (κ3) is 6.92. The molecule has 3 aromatic rings. The number of hydrogen-bond acceptors (Lipinski definition) is 7. The molecule has 0 radical (unpaired) electrons. The van der Waals surface area contributed by atoms with Gasteiger partial charge in [0, 0.05) is 24.2 Å². The van der Waals surface area contributed by atoms with Crippen molar-refractivity contribution in [2.75, 3.05) is 32.5 Å². The molecule has 2 bridgehead atoms. The summed E-state index contributed by atoms with van der Waals surface area (Å²) >= 11 is 0. The van der Waals surface area contributed by atoms with E-state index in [2.05, 4.69) is 20.7 Å². The summed E-state index contributed by atoms with van der Waals surface area (Å²) in [7, 11) is -3.64. The third-order valence-electron chi connectivity index (χ3n) is 5.82. The number of carbonyl (C=O) groups is 2. The minimum absolute atomic E-state index is 0.0817. The smallest absolute Gasteiger partial charge is 0.251 e. The van der Waals surface area contributed by atoms with Gasteiger partial charge in [-0.3, -0.25) is 9.59 Å². The first-order chi connectivity index (χ1) is 17.7. The SMILES string of the molecule is C[C@@H]1NC(=O)CN(S(C)(=O)=O)CCCNC(=O)c2cccc(c2)OCCn2nc(-c3ccccc3)nc21. The van der Waals surface area contributed by atoms with Crippen molar-refractivity contribution in [3.63, 3.8) is 0 Å². The van der Waals surface area contributed by atoms with Crippen molar-refractivity contribution < 1.29 is 22.7 Å².